The zero-order valence-electron chi connectivity index (χ0n) is 15.3. The van der Waals surface area contributed by atoms with Gasteiger partial charge in [0.2, 0.25) is 5.76 Å². The van der Waals surface area contributed by atoms with Crippen LogP contribution in [0.25, 0.3) is 11.1 Å². The second kappa shape index (κ2) is 7.86. The lowest BCUT2D eigenvalue weighted by Gasteiger charge is -2.11. The highest BCUT2D eigenvalue weighted by Crippen LogP contribution is 2.33. The van der Waals surface area contributed by atoms with Crippen LogP contribution < -0.4 is 14.2 Å². The maximum Gasteiger partial charge on any atom is 0.371 e. The molecule has 3 aromatic rings. The van der Waals surface area contributed by atoms with Gasteiger partial charge in [0.25, 0.3) is 0 Å². The lowest BCUT2D eigenvalue weighted by atomic mass is 10.0. The van der Waals surface area contributed by atoms with Gasteiger partial charge in [-0.3, -0.25) is 0 Å². The van der Waals surface area contributed by atoms with Crippen LogP contribution in [0.15, 0.2) is 52.9 Å². The first-order valence-corrected chi connectivity index (χ1v) is 8.29. The molecule has 0 bridgehead atoms. The standard InChI is InChI=1S/C21H20O6/c1-13-16(11-20(27-13)21(22)23)12-26-17-6-4-5-14(9-17)15-7-8-18(24-2)19(10-15)25-3/h4-11H,12H2,1-3H3,(H,22,23). The van der Waals surface area contributed by atoms with Gasteiger partial charge in [0, 0.05) is 5.56 Å². The molecule has 0 aliphatic heterocycles. The van der Waals surface area contributed by atoms with Crippen LogP contribution in [0.3, 0.4) is 0 Å². The number of carboxylic acids is 1. The third kappa shape index (κ3) is 4.06. The van der Waals surface area contributed by atoms with Crippen molar-refractivity contribution >= 4 is 5.97 Å². The normalized spacial score (nSPS) is 10.5. The van der Waals surface area contributed by atoms with Crippen LogP contribution in [0, 0.1) is 6.92 Å². The Balaban J connectivity index is 1.79. The van der Waals surface area contributed by atoms with Gasteiger partial charge in [-0.15, -0.1) is 0 Å². The number of rotatable bonds is 7. The van der Waals surface area contributed by atoms with Crippen LogP contribution in [-0.2, 0) is 6.61 Å². The number of hydrogen-bond donors (Lipinski definition) is 1. The molecule has 0 unspecified atom stereocenters. The number of aryl methyl sites for hydroxylation is 1. The minimum absolute atomic E-state index is 0.0924. The van der Waals surface area contributed by atoms with Crippen LogP contribution in [0.4, 0.5) is 0 Å². The van der Waals surface area contributed by atoms with Gasteiger partial charge in [0.15, 0.2) is 11.5 Å². The first-order valence-electron chi connectivity index (χ1n) is 8.29. The fourth-order valence-corrected chi connectivity index (χ4v) is 2.71. The highest BCUT2D eigenvalue weighted by Gasteiger charge is 2.13. The van der Waals surface area contributed by atoms with E-state index in [2.05, 4.69) is 0 Å². The minimum Gasteiger partial charge on any atom is -0.493 e. The second-order valence-corrected chi connectivity index (χ2v) is 5.88. The third-order valence-corrected chi connectivity index (χ3v) is 4.18. The smallest absolute Gasteiger partial charge is 0.371 e. The topological polar surface area (TPSA) is 78.1 Å². The van der Waals surface area contributed by atoms with Gasteiger partial charge < -0.3 is 23.7 Å². The number of aromatic carboxylic acids is 1. The van der Waals surface area contributed by atoms with Gasteiger partial charge >= 0.3 is 5.97 Å². The summed E-state index contributed by atoms with van der Waals surface area (Å²) in [6, 6.07) is 14.8. The molecular formula is C21H20O6. The predicted octanol–water partition coefficient (Wildman–Crippen LogP) is 4.55. The van der Waals surface area contributed by atoms with E-state index < -0.39 is 5.97 Å². The maximum absolute atomic E-state index is 11.0. The molecule has 0 fully saturated rings. The van der Waals surface area contributed by atoms with Crippen molar-refractivity contribution in [2.75, 3.05) is 14.2 Å². The summed E-state index contributed by atoms with van der Waals surface area (Å²) in [4.78, 5) is 11.0. The minimum atomic E-state index is -1.10. The number of carboxylic acid groups (broad SMARTS) is 1. The van der Waals surface area contributed by atoms with E-state index in [-0.39, 0.29) is 12.4 Å². The monoisotopic (exact) mass is 368 g/mol. The van der Waals surface area contributed by atoms with Crippen molar-refractivity contribution in [3.05, 3.63) is 65.6 Å². The number of furan rings is 1. The fourth-order valence-electron chi connectivity index (χ4n) is 2.71. The fraction of sp³-hybridized carbons (Fsp3) is 0.190. The zero-order valence-corrected chi connectivity index (χ0v) is 15.3. The summed E-state index contributed by atoms with van der Waals surface area (Å²) < 4.78 is 21.6. The maximum atomic E-state index is 11.0. The average molecular weight is 368 g/mol. The summed E-state index contributed by atoms with van der Waals surface area (Å²) in [6.07, 6.45) is 0. The summed E-state index contributed by atoms with van der Waals surface area (Å²) in [5.74, 6) is 1.32. The number of methoxy groups -OCH3 is 2. The SMILES string of the molecule is COc1ccc(-c2cccc(OCc3cc(C(=O)O)oc3C)c2)cc1OC. The molecule has 27 heavy (non-hydrogen) atoms. The van der Waals surface area contributed by atoms with E-state index in [1.54, 1.807) is 21.1 Å². The van der Waals surface area contributed by atoms with Crippen molar-refractivity contribution in [3.8, 4) is 28.4 Å². The summed E-state index contributed by atoms with van der Waals surface area (Å²) in [5.41, 5.74) is 2.62. The Morgan fingerprint density at radius 1 is 1.00 bits per heavy atom. The first-order chi connectivity index (χ1) is 13.0. The third-order valence-electron chi connectivity index (χ3n) is 4.18. The lowest BCUT2D eigenvalue weighted by molar-refractivity contribution is 0.0661. The van der Waals surface area contributed by atoms with E-state index in [4.69, 9.17) is 23.7 Å². The number of hydrogen-bond acceptors (Lipinski definition) is 5. The summed E-state index contributed by atoms with van der Waals surface area (Å²) >= 11 is 0. The van der Waals surface area contributed by atoms with Gasteiger partial charge in [-0.2, -0.15) is 0 Å². The molecule has 1 aromatic heterocycles. The summed E-state index contributed by atoms with van der Waals surface area (Å²) in [7, 11) is 3.19. The molecule has 0 amide bonds. The van der Waals surface area contributed by atoms with Crippen molar-refractivity contribution in [1.29, 1.82) is 0 Å². The van der Waals surface area contributed by atoms with E-state index in [1.165, 1.54) is 6.07 Å². The zero-order chi connectivity index (χ0) is 19.4. The van der Waals surface area contributed by atoms with E-state index in [0.717, 1.165) is 11.1 Å². The molecule has 6 nitrogen and oxygen atoms in total. The average Bonchev–Trinajstić information content (AvgIpc) is 3.07. The summed E-state index contributed by atoms with van der Waals surface area (Å²) in [5, 5.41) is 9.00. The Morgan fingerprint density at radius 2 is 1.74 bits per heavy atom. The highest BCUT2D eigenvalue weighted by molar-refractivity contribution is 5.84. The van der Waals surface area contributed by atoms with Gasteiger partial charge in [-0.25, -0.2) is 4.79 Å². The van der Waals surface area contributed by atoms with Crippen LogP contribution in [0.1, 0.15) is 21.9 Å². The van der Waals surface area contributed by atoms with Crippen LogP contribution in [0.2, 0.25) is 0 Å². The van der Waals surface area contributed by atoms with Gasteiger partial charge in [0.05, 0.1) is 14.2 Å². The van der Waals surface area contributed by atoms with Crippen LogP contribution in [0.5, 0.6) is 17.2 Å². The van der Waals surface area contributed by atoms with Crippen LogP contribution >= 0.6 is 0 Å². The quantitative estimate of drug-likeness (QED) is 0.659. The molecule has 0 saturated carbocycles. The van der Waals surface area contributed by atoms with Crippen molar-refractivity contribution in [2.45, 2.75) is 13.5 Å². The summed E-state index contributed by atoms with van der Waals surface area (Å²) in [6.45, 7) is 1.93. The van der Waals surface area contributed by atoms with E-state index in [9.17, 15) is 4.79 Å². The Labute approximate surface area is 156 Å². The molecule has 0 radical (unpaired) electrons. The molecular weight excluding hydrogens is 348 g/mol. The largest absolute Gasteiger partial charge is 0.493 e. The molecule has 1 N–H and O–H groups in total. The van der Waals surface area contributed by atoms with Gasteiger partial charge in [-0.05, 0) is 48.4 Å². The Kier molecular flexibility index (Phi) is 5.35. The number of ether oxygens (including phenoxy) is 3. The molecule has 0 aliphatic carbocycles. The number of carbonyl (C=O) groups is 1. The Bertz CT molecular complexity index is 957. The Morgan fingerprint density at radius 3 is 2.41 bits per heavy atom. The first kappa shape index (κ1) is 18.4. The Hall–Kier alpha value is -3.41. The molecule has 6 heteroatoms. The molecule has 1 heterocycles. The molecule has 0 atom stereocenters. The molecule has 0 spiro atoms. The van der Waals surface area contributed by atoms with Crippen molar-refractivity contribution in [3.63, 3.8) is 0 Å². The highest BCUT2D eigenvalue weighted by atomic mass is 16.5. The van der Waals surface area contributed by atoms with Crippen LogP contribution in [-0.4, -0.2) is 25.3 Å². The number of benzene rings is 2. The van der Waals surface area contributed by atoms with Crippen molar-refractivity contribution in [2.24, 2.45) is 0 Å². The predicted molar refractivity (Wildman–Crippen MR) is 99.7 cm³/mol. The second-order valence-electron chi connectivity index (χ2n) is 5.88. The molecule has 140 valence electrons. The van der Waals surface area contributed by atoms with Gasteiger partial charge in [0.1, 0.15) is 18.1 Å². The van der Waals surface area contributed by atoms with Crippen molar-refractivity contribution in [1.82, 2.24) is 0 Å². The molecule has 0 saturated heterocycles. The van der Waals surface area contributed by atoms with E-state index in [1.807, 2.05) is 42.5 Å². The molecule has 0 aliphatic rings. The van der Waals surface area contributed by atoms with Crippen molar-refractivity contribution < 1.29 is 28.5 Å². The lowest BCUT2D eigenvalue weighted by Crippen LogP contribution is -1.96. The molecule has 2 aromatic carbocycles. The molecule has 3 rings (SSSR count). The van der Waals surface area contributed by atoms with E-state index >= 15 is 0 Å². The van der Waals surface area contributed by atoms with E-state index in [0.29, 0.717) is 28.6 Å². The van der Waals surface area contributed by atoms with Gasteiger partial charge in [-0.1, -0.05) is 18.2 Å².